The molecule has 7 nitrogen and oxygen atoms in total. The molecular formula is C20H26N2O5S. The Kier molecular flexibility index (Phi) is 7.28. The zero-order valence-corrected chi connectivity index (χ0v) is 17.3. The summed E-state index contributed by atoms with van der Waals surface area (Å²) in [5.41, 5.74) is 0.965. The molecule has 2 rings (SSSR count). The number of nitrogens with one attached hydrogen (secondary N) is 1. The number of carbonyl (C=O) groups is 1. The van der Waals surface area contributed by atoms with E-state index in [1.54, 1.807) is 62.6 Å². The highest BCUT2D eigenvalue weighted by Crippen LogP contribution is 2.26. The van der Waals surface area contributed by atoms with Gasteiger partial charge in [-0.3, -0.25) is 9.10 Å². The monoisotopic (exact) mass is 406 g/mol. The normalized spacial score (nSPS) is 12.1. The number of ether oxygens (including phenoxy) is 2. The Bertz CT molecular complexity index is 880. The molecule has 0 spiro atoms. The lowest BCUT2D eigenvalue weighted by Crippen LogP contribution is -2.46. The Labute approximate surface area is 166 Å². The smallest absolute Gasteiger partial charge is 0.248 e. The van der Waals surface area contributed by atoms with Crippen molar-refractivity contribution in [3.63, 3.8) is 0 Å². The molecule has 1 atom stereocenters. The second kappa shape index (κ2) is 9.45. The molecular weight excluding hydrogens is 380 g/mol. The minimum atomic E-state index is -3.69. The van der Waals surface area contributed by atoms with E-state index < -0.39 is 22.0 Å². The average Bonchev–Trinajstić information content (AvgIpc) is 2.66. The van der Waals surface area contributed by atoms with Crippen LogP contribution < -0.4 is 19.1 Å². The largest absolute Gasteiger partial charge is 0.497 e. The molecule has 0 aliphatic carbocycles. The Hall–Kier alpha value is -2.74. The molecule has 8 heteroatoms. The number of sulfonamides is 1. The fraction of sp³-hybridized carbons (Fsp3) is 0.350. The van der Waals surface area contributed by atoms with Gasteiger partial charge in [0.15, 0.2) is 0 Å². The van der Waals surface area contributed by atoms with Crippen LogP contribution in [0.25, 0.3) is 0 Å². The van der Waals surface area contributed by atoms with Crippen LogP contribution in [0.4, 0.5) is 11.4 Å². The van der Waals surface area contributed by atoms with Crippen molar-refractivity contribution in [1.29, 1.82) is 0 Å². The Morgan fingerprint density at radius 2 is 1.61 bits per heavy atom. The first kappa shape index (κ1) is 21.6. The number of methoxy groups -OCH3 is 1. The fourth-order valence-corrected chi connectivity index (χ4v) is 4.03. The van der Waals surface area contributed by atoms with Crippen molar-refractivity contribution in [3.05, 3.63) is 48.5 Å². The maximum absolute atomic E-state index is 12.9. The van der Waals surface area contributed by atoms with Gasteiger partial charge < -0.3 is 14.8 Å². The fourth-order valence-electron chi connectivity index (χ4n) is 2.82. The summed E-state index contributed by atoms with van der Waals surface area (Å²) in [5.74, 6) is 0.889. The van der Waals surface area contributed by atoms with E-state index in [4.69, 9.17) is 9.47 Å². The minimum absolute atomic E-state index is 0.308. The van der Waals surface area contributed by atoms with Gasteiger partial charge in [-0.25, -0.2) is 8.42 Å². The minimum Gasteiger partial charge on any atom is -0.497 e. The van der Waals surface area contributed by atoms with Gasteiger partial charge in [0, 0.05) is 5.69 Å². The average molecular weight is 407 g/mol. The van der Waals surface area contributed by atoms with E-state index in [0.29, 0.717) is 35.9 Å². The Balaban J connectivity index is 2.29. The molecule has 0 saturated heterocycles. The molecule has 0 aliphatic rings. The van der Waals surface area contributed by atoms with E-state index in [1.807, 2.05) is 6.92 Å². The summed E-state index contributed by atoms with van der Waals surface area (Å²) in [4.78, 5) is 12.9. The number of hydrogen-bond acceptors (Lipinski definition) is 5. The number of nitrogens with zero attached hydrogens (tertiary/aromatic N) is 1. The van der Waals surface area contributed by atoms with E-state index in [0.717, 1.165) is 10.6 Å². The lowest BCUT2D eigenvalue weighted by Gasteiger charge is -2.30. The van der Waals surface area contributed by atoms with E-state index in [1.165, 1.54) is 0 Å². The Morgan fingerprint density at radius 1 is 1.04 bits per heavy atom. The van der Waals surface area contributed by atoms with Crippen molar-refractivity contribution >= 4 is 27.3 Å². The van der Waals surface area contributed by atoms with Crippen LogP contribution in [0, 0.1) is 0 Å². The van der Waals surface area contributed by atoms with Crippen LogP contribution in [0.5, 0.6) is 11.5 Å². The summed E-state index contributed by atoms with van der Waals surface area (Å²) in [6, 6.07) is 12.6. The molecule has 1 unspecified atom stereocenters. The van der Waals surface area contributed by atoms with E-state index in [9.17, 15) is 13.2 Å². The second-order valence-electron chi connectivity index (χ2n) is 6.13. The van der Waals surface area contributed by atoms with Gasteiger partial charge in [-0.2, -0.15) is 0 Å². The number of amides is 1. The van der Waals surface area contributed by atoms with Crippen LogP contribution in [0.3, 0.4) is 0 Å². The molecule has 2 aromatic carbocycles. The van der Waals surface area contributed by atoms with E-state index in [-0.39, 0.29) is 0 Å². The van der Waals surface area contributed by atoms with Crippen LogP contribution in [0.2, 0.25) is 0 Å². The van der Waals surface area contributed by atoms with Gasteiger partial charge >= 0.3 is 0 Å². The topological polar surface area (TPSA) is 84.9 Å². The molecule has 0 aliphatic heterocycles. The van der Waals surface area contributed by atoms with Crippen molar-refractivity contribution in [2.24, 2.45) is 0 Å². The lowest BCUT2D eigenvalue weighted by molar-refractivity contribution is -0.117. The zero-order valence-electron chi connectivity index (χ0n) is 16.5. The third-order valence-electron chi connectivity index (χ3n) is 4.09. The summed E-state index contributed by atoms with van der Waals surface area (Å²) >= 11 is 0. The zero-order chi connectivity index (χ0) is 20.7. The van der Waals surface area contributed by atoms with E-state index in [2.05, 4.69) is 5.32 Å². The van der Waals surface area contributed by atoms with Gasteiger partial charge in [0.2, 0.25) is 15.9 Å². The van der Waals surface area contributed by atoms with E-state index >= 15 is 0 Å². The molecule has 28 heavy (non-hydrogen) atoms. The van der Waals surface area contributed by atoms with Crippen molar-refractivity contribution in [3.8, 4) is 11.5 Å². The highest BCUT2D eigenvalue weighted by molar-refractivity contribution is 7.92. The first-order valence-electron chi connectivity index (χ1n) is 8.97. The van der Waals surface area contributed by atoms with Crippen molar-refractivity contribution in [2.45, 2.75) is 26.3 Å². The first-order valence-corrected chi connectivity index (χ1v) is 10.8. The summed E-state index contributed by atoms with van der Waals surface area (Å²) in [6.45, 7) is 4.15. The van der Waals surface area contributed by atoms with Gasteiger partial charge in [-0.05, 0) is 61.9 Å². The second-order valence-corrected chi connectivity index (χ2v) is 7.99. The highest BCUT2D eigenvalue weighted by atomic mass is 32.2. The van der Waals surface area contributed by atoms with Crippen LogP contribution >= 0.6 is 0 Å². The van der Waals surface area contributed by atoms with Crippen molar-refractivity contribution in [2.75, 3.05) is 29.6 Å². The molecule has 0 radical (unpaired) electrons. The van der Waals surface area contributed by atoms with Gasteiger partial charge in [-0.1, -0.05) is 6.92 Å². The Morgan fingerprint density at radius 3 is 2.07 bits per heavy atom. The molecule has 0 bridgehead atoms. The van der Waals surface area contributed by atoms with Crippen LogP contribution in [0.1, 0.15) is 20.3 Å². The molecule has 1 amide bonds. The van der Waals surface area contributed by atoms with Gasteiger partial charge in [0.05, 0.1) is 25.7 Å². The van der Waals surface area contributed by atoms with Crippen LogP contribution in [-0.2, 0) is 14.8 Å². The van der Waals surface area contributed by atoms with Crippen molar-refractivity contribution < 1.29 is 22.7 Å². The standard InChI is InChI=1S/C20H26N2O5S/c1-5-19(20(23)21-15-7-11-17(26-3)12-8-15)22(28(4,24)25)16-9-13-18(14-10-16)27-6-2/h7-14,19H,5-6H2,1-4H3,(H,21,23). The van der Waals surface area contributed by atoms with Crippen LogP contribution in [0.15, 0.2) is 48.5 Å². The number of hydrogen-bond donors (Lipinski definition) is 1. The predicted molar refractivity (Wildman–Crippen MR) is 111 cm³/mol. The molecule has 2 aromatic rings. The number of anilines is 2. The molecule has 0 heterocycles. The first-order chi connectivity index (χ1) is 13.3. The molecule has 0 fully saturated rings. The molecule has 152 valence electrons. The summed E-state index contributed by atoms with van der Waals surface area (Å²) in [6.07, 6.45) is 1.40. The summed E-state index contributed by atoms with van der Waals surface area (Å²) in [5, 5.41) is 2.77. The third kappa shape index (κ3) is 5.39. The molecule has 0 aromatic heterocycles. The van der Waals surface area contributed by atoms with Gasteiger partial charge in [0.1, 0.15) is 17.5 Å². The maximum Gasteiger partial charge on any atom is 0.248 e. The van der Waals surface area contributed by atoms with Gasteiger partial charge in [0.25, 0.3) is 0 Å². The number of benzene rings is 2. The number of rotatable bonds is 9. The quantitative estimate of drug-likeness (QED) is 0.691. The maximum atomic E-state index is 12.9. The third-order valence-corrected chi connectivity index (χ3v) is 5.27. The predicted octanol–water partition coefficient (Wildman–Crippen LogP) is 3.28. The summed E-state index contributed by atoms with van der Waals surface area (Å²) < 4.78 is 36.6. The van der Waals surface area contributed by atoms with Crippen molar-refractivity contribution in [1.82, 2.24) is 0 Å². The number of carbonyl (C=O) groups excluding carboxylic acids is 1. The molecule has 0 saturated carbocycles. The highest BCUT2D eigenvalue weighted by Gasteiger charge is 2.31. The summed E-state index contributed by atoms with van der Waals surface area (Å²) in [7, 11) is -2.13. The van der Waals surface area contributed by atoms with Gasteiger partial charge in [-0.15, -0.1) is 0 Å². The SMILES string of the molecule is CCOc1ccc(N(C(CC)C(=O)Nc2ccc(OC)cc2)S(C)(=O)=O)cc1. The van der Waals surface area contributed by atoms with Crippen LogP contribution in [-0.4, -0.2) is 40.3 Å². The molecule has 1 N–H and O–H groups in total. The lowest BCUT2D eigenvalue weighted by atomic mass is 10.1.